The number of aliphatic hydroxyl groups is 1. The highest BCUT2D eigenvalue weighted by Crippen LogP contribution is 2.23. The number of benzene rings is 1. The summed E-state index contributed by atoms with van der Waals surface area (Å²) in [6.07, 6.45) is 0. The van der Waals surface area contributed by atoms with Gasteiger partial charge in [0.2, 0.25) is 0 Å². The minimum Gasteiger partial charge on any atom is -0.394 e. The second-order valence-corrected chi connectivity index (χ2v) is 5.25. The largest absolute Gasteiger partial charge is 0.394 e. The molecule has 1 aliphatic heterocycles. The first-order valence-electron chi connectivity index (χ1n) is 7.70. The van der Waals surface area contributed by atoms with Gasteiger partial charge in [0.15, 0.2) is 0 Å². The highest BCUT2D eigenvalue weighted by molar-refractivity contribution is 5.85. The Morgan fingerprint density at radius 1 is 1.14 bits per heavy atom. The molecule has 0 bridgehead atoms. The van der Waals surface area contributed by atoms with Crippen LogP contribution in [0.3, 0.4) is 0 Å². The van der Waals surface area contributed by atoms with Crippen LogP contribution in [-0.2, 0) is 0 Å². The van der Waals surface area contributed by atoms with Crippen LogP contribution >= 0.6 is 12.4 Å². The standard InChI is InChI=1S/C16H27N3O.ClH/c1-3-18(4-2)15-7-5-14(6-8-15)16(13-20)19-11-9-17-10-12-19;/h5-8,16-17,20H,3-4,9-13H2,1-2H3;1H/t16-;/m1./s1. The second kappa shape index (κ2) is 9.26. The Balaban J connectivity index is 0.00000220. The highest BCUT2D eigenvalue weighted by atomic mass is 35.5. The number of halogens is 1. The van der Waals surface area contributed by atoms with E-state index in [1.807, 2.05) is 0 Å². The van der Waals surface area contributed by atoms with Gasteiger partial charge < -0.3 is 15.3 Å². The minimum absolute atomic E-state index is 0. The molecule has 4 nitrogen and oxygen atoms in total. The third-order valence-corrected chi connectivity index (χ3v) is 4.17. The van der Waals surface area contributed by atoms with Crippen LogP contribution < -0.4 is 10.2 Å². The summed E-state index contributed by atoms with van der Waals surface area (Å²) in [5.41, 5.74) is 2.47. The molecule has 1 aromatic rings. The lowest BCUT2D eigenvalue weighted by atomic mass is 10.0. The first kappa shape index (κ1) is 18.2. The zero-order valence-electron chi connectivity index (χ0n) is 13.1. The Hall–Kier alpha value is -0.810. The normalized spacial score (nSPS) is 17.1. The Labute approximate surface area is 134 Å². The molecule has 1 heterocycles. The van der Waals surface area contributed by atoms with Crippen molar-refractivity contribution in [3.05, 3.63) is 29.8 Å². The van der Waals surface area contributed by atoms with Gasteiger partial charge in [-0.05, 0) is 31.5 Å². The topological polar surface area (TPSA) is 38.7 Å². The molecule has 0 radical (unpaired) electrons. The first-order chi connectivity index (χ1) is 9.80. The monoisotopic (exact) mass is 313 g/mol. The molecule has 0 aromatic heterocycles. The molecule has 1 aliphatic rings. The number of anilines is 1. The summed E-state index contributed by atoms with van der Waals surface area (Å²) in [6.45, 7) is 10.6. The summed E-state index contributed by atoms with van der Waals surface area (Å²) in [5, 5.41) is 13.1. The fourth-order valence-corrected chi connectivity index (χ4v) is 2.92. The van der Waals surface area contributed by atoms with Crippen molar-refractivity contribution in [2.75, 3.05) is 50.8 Å². The third kappa shape index (κ3) is 4.58. The zero-order chi connectivity index (χ0) is 14.4. The average molecular weight is 314 g/mol. The van der Waals surface area contributed by atoms with Crippen LogP contribution in [0, 0.1) is 0 Å². The van der Waals surface area contributed by atoms with Gasteiger partial charge in [0, 0.05) is 45.0 Å². The van der Waals surface area contributed by atoms with Crippen LogP contribution in [0.4, 0.5) is 5.69 Å². The lowest BCUT2D eigenvalue weighted by Gasteiger charge is -2.34. The van der Waals surface area contributed by atoms with E-state index in [0.717, 1.165) is 39.3 Å². The number of aliphatic hydroxyl groups excluding tert-OH is 1. The van der Waals surface area contributed by atoms with Crippen molar-refractivity contribution >= 4 is 18.1 Å². The van der Waals surface area contributed by atoms with Crippen molar-refractivity contribution in [3.8, 4) is 0 Å². The zero-order valence-corrected chi connectivity index (χ0v) is 13.9. The molecule has 0 spiro atoms. The van der Waals surface area contributed by atoms with E-state index in [4.69, 9.17) is 0 Å². The predicted molar refractivity (Wildman–Crippen MR) is 91.5 cm³/mol. The van der Waals surface area contributed by atoms with Crippen molar-refractivity contribution < 1.29 is 5.11 Å². The number of hydrogen-bond donors (Lipinski definition) is 2. The van der Waals surface area contributed by atoms with E-state index in [0.29, 0.717) is 0 Å². The molecule has 1 aromatic carbocycles. The van der Waals surface area contributed by atoms with Crippen LogP contribution in [0.15, 0.2) is 24.3 Å². The summed E-state index contributed by atoms with van der Waals surface area (Å²) in [6, 6.07) is 8.80. The highest BCUT2D eigenvalue weighted by Gasteiger charge is 2.21. The van der Waals surface area contributed by atoms with Crippen LogP contribution in [0.5, 0.6) is 0 Å². The van der Waals surface area contributed by atoms with Crippen molar-refractivity contribution in [3.63, 3.8) is 0 Å². The lowest BCUT2D eigenvalue weighted by molar-refractivity contribution is 0.111. The Morgan fingerprint density at radius 2 is 1.71 bits per heavy atom. The summed E-state index contributed by atoms with van der Waals surface area (Å²) in [5.74, 6) is 0. The van der Waals surface area contributed by atoms with Crippen LogP contribution in [0.25, 0.3) is 0 Å². The number of nitrogens with one attached hydrogen (secondary N) is 1. The molecule has 0 unspecified atom stereocenters. The summed E-state index contributed by atoms with van der Waals surface area (Å²) in [4.78, 5) is 4.70. The summed E-state index contributed by atoms with van der Waals surface area (Å²) < 4.78 is 0. The maximum atomic E-state index is 9.73. The van der Waals surface area contributed by atoms with Crippen LogP contribution in [-0.4, -0.2) is 55.9 Å². The van der Waals surface area contributed by atoms with Gasteiger partial charge in [-0.15, -0.1) is 12.4 Å². The molecule has 2 N–H and O–H groups in total. The van der Waals surface area contributed by atoms with E-state index < -0.39 is 0 Å². The Kier molecular flexibility index (Phi) is 8.04. The Morgan fingerprint density at radius 3 is 2.19 bits per heavy atom. The predicted octanol–water partition coefficient (Wildman–Crippen LogP) is 1.89. The van der Waals surface area contributed by atoms with Gasteiger partial charge in [-0.3, -0.25) is 4.90 Å². The fraction of sp³-hybridized carbons (Fsp3) is 0.625. The molecular formula is C16H28ClN3O. The van der Waals surface area contributed by atoms with E-state index in [2.05, 4.69) is 53.2 Å². The molecule has 0 amide bonds. The average Bonchev–Trinajstić information content (AvgIpc) is 2.52. The van der Waals surface area contributed by atoms with Gasteiger partial charge in [0.05, 0.1) is 12.6 Å². The quantitative estimate of drug-likeness (QED) is 0.841. The van der Waals surface area contributed by atoms with E-state index in [-0.39, 0.29) is 25.1 Å². The van der Waals surface area contributed by atoms with E-state index >= 15 is 0 Å². The molecule has 1 saturated heterocycles. The van der Waals surface area contributed by atoms with Gasteiger partial charge in [0.25, 0.3) is 0 Å². The van der Waals surface area contributed by atoms with Gasteiger partial charge in [-0.1, -0.05) is 12.1 Å². The molecule has 5 heteroatoms. The number of hydrogen-bond acceptors (Lipinski definition) is 4. The number of rotatable bonds is 6. The SMILES string of the molecule is CCN(CC)c1ccc([C@@H](CO)N2CCNCC2)cc1.Cl. The van der Waals surface area contributed by atoms with Crippen molar-refractivity contribution in [1.29, 1.82) is 0 Å². The number of nitrogens with zero attached hydrogens (tertiary/aromatic N) is 2. The van der Waals surface area contributed by atoms with Crippen molar-refractivity contribution in [2.45, 2.75) is 19.9 Å². The Bertz CT molecular complexity index is 389. The molecule has 1 atom stereocenters. The lowest BCUT2D eigenvalue weighted by Crippen LogP contribution is -2.46. The van der Waals surface area contributed by atoms with E-state index in [1.165, 1.54) is 11.3 Å². The first-order valence-corrected chi connectivity index (χ1v) is 7.70. The van der Waals surface area contributed by atoms with Crippen LogP contribution in [0.2, 0.25) is 0 Å². The summed E-state index contributed by atoms with van der Waals surface area (Å²) >= 11 is 0. The van der Waals surface area contributed by atoms with Gasteiger partial charge in [0.1, 0.15) is 0 Å². The maximum Gasteiger partial charge on any atom is 0.0628 e. The molecule has 120 valence electrons. The van der Waals surface area contributed by atoms with E-state index in [1.54, 1.807) is 0 Å². The molecule has 0 saturated carbocycles. The smallest absolute Gasteiger partial charge is 0.0628 e. The summed E-state index contributed by atoms with van der Waals surface area (Å²) in [7, 11) is 0. The van der Waals surface area contributed by atoms with Gasteiger partial charge in [-0.25, -0.2) is 0 Å². The third-order valence-electron chi connectivity index (χ3n) is 4.17. The fourth-order valence-electron chi connectivity index (χ4n) is 2.92. The maximum absolute atomic E-state index is 9.73. The van der Waals surface area contributed by atoms with Crippen molar-refractivity contribution in [1.82, 2.24) is 10.2 Å². The van der Waals surface area contributed by atoms with Gasteiger partial charge in [-0.2, -0.15) is 0 Å². The molecule has 1 fully saturated rings. The molecule has 21 heavy (non-hydrogen) atoms. The molecule has 2 rings (SSSR count). The van der Waals surface area contributed by atoms with Crippen molar-refractivity contribution in [2.24, 2.45) is 0 Å². The number of piperazine rings is 1. The molecule has 0 aliphatic carbocycles. The molecular weight excluding hydrogens is 286 g/mol. The van der Waals surface area contributed by atoms with Crippen LogP contribution in [0.1, 0.15) is 25.5 Å². The van der Waals surface area contributed by atoms with Gasteiger partial charge >= 0.3 is 0 Å². The minimum atomic E-state index is 0. The second-order valence-electron chi connectivity index (χ2n) is 5.25. The van der Waals surface area contributed by atoms with E-state index in [9.17, 15) is 5.11 Å².